The molecule has 1 saturated heterocycles. The molecule has 0 radical (unpaired) electrons. The van der Waals surface area contributed by atoms with E-state index in [0.717, 1.165) is 37.8 Å². The number of amides is 1. The summed E-state index contributed by atoms with van der Waals surface area (Å²) in [6, 6.07) is 18.5. The van der Waals surface area contributed by atoms with E-state index in [1.165, 1.54) is 29.4 Å². The standard InChI is InChI=1S/C22H27N3OS/c1-2-22(26)24-20-8-10-21(11-9-20)27-25-14-12-19(13-15-25)17-23-16-18-6-4-3-5-7-18/h2-11,19,23H,1,12-17H2,(H,24,26). The summed E-state index contributed by atoms with van der Waals surface area (Å²) in [5, 5.41) is 6.37. The van der Waals surface area contributed by atoms with Crippen molar-refractivity contribution < 1.29 is 4.79 Å². The Kier molecular flexibility index (Phi) is 7.51. The highest BCUT2D eigenvalue weighted by Crippen LogP contribution is 2.29. The molecular weight excluding hydrogens is 354 g/mol. The smallest absolute Gasteiger partial charge is 0.247 e. The zero-order valence-corrected chi connectivity index (χ0v) is 16.4. The lowest BCUT2D eigenvalue weighted by atomic mass is 9.98. The van der Waals surface area contributed by atoms with E-state index in [0.29, 0.717) is 0 Å². The number of nitrogens with zero attached hydrogens (tertiary/aromatic N) is 1. The van der Waals surface area contributed by atoms with E-state index in [9.17, 15) is 4.79 Å². The van der Waals surface area contributed by atoms with Crippen LogP contribution in [0.3, 0.4) is 0 Å². The third-order valence-corrected chi connectivity index (χ3v) is 5.83. The van der Waals surface area contributed by atoms with Gasteiger partial charge in [-0.2, -0.15) is 0 Å². The van der Waals surface area contributed by atoms with E-state index in [1.807, 2.05) is 12.1 Å². The van der Waals surface area contributed by atoms with Crippen molar-refractivity contribution in [1.82, 2.24) is 9.62 Å². The van der Waals surface area contributed by atoms with Gasteiger partial charge >= 0.3 is 0 Å². The predicted molar refractivity (Wildman–Crippen MR) is 114 cm³/mol. The molecule has 142 valence electrons. The second-order valence-electron chi connectivity index (χ2n) is 6.80. The fraction of sp³-hybridized carbons (Fsp3) is 0.318. The van der Waals surface area contributed by atoms with Crippen molar-refractivity contribution in [1.29, 1.82) is 0 Å². The number of hydrogen-bond acceptors (Lipinski definition) is 4. The van der Waals surface area contributed by atoms with Crippen molar-refractivity contribution in [2.75, 3.05) is 25.0 Å². The Hall–Kier alpha value is -2.08. The number of rotatable bonds is 8. The highest BCUT2D eigenvalue weighted by molar-refractivity contribution is 7.97. The fourth-order valence-corrected chi connectivity index (χ4v) is 4.11. The Labute approximate surface area is 166 Å². The molecule has 1 aliphatic heterocycles. The molecule has 27 heavy (non-hydrogen) atoms. The van der Waals surface area contributed by atoms with E-state index in [-0.39, 0.29) is 5.91 Å². The molecule has 3 rings (SSSR count). The van der Waals surface area contributed by atoms with Crippen LogP contribution in [0, 0.1) is 5.92 Å². The van der Waals surface area contributed by atoms with Crippen LogP contribution in [-0.2, 0) is 11.3 Å². The molecule has 2 aromatic rings. The third-order valence-electron chi connectivity index (χ3n) is 4.72. The lowest BCUT2D eigenvalue weighted by molar-refractivity contribution is -0.111. The van der Waals surface area contributed by atoms with Gasteiger partial charge in [0.25, 0.3) is 0 Å². The van der Waals surface area contributed by atoms with Crippen LogP contribution in [0.25, 0.3) is 0 Å². The van der Waals surface area contributed by atoms with Crippen molar-refractivity contribution in [3.05, 3.63) is 72.8 Å². The quantitative estimate of drug-likeness (QED) is 0.528. The Bertz CT molecular complexity index is 725. The molecule has 1 amide bonds. The van der Waals surface area contributed by atoms with Crippen LogP contribution in [0.4, 0.5) is 5.69 Å². The minimum atomic E-state index is -0.182. The van der Waals surface area contributed by atoms with Crippen LogP contribution in [-0.4, -0.2) is 29.8 Å². The van der Waals surface area contributed by atoms with Gasteiger partial charge in [-0.15, -0.1) is 0 Å². The van der Waals surface area contributed by atoms with E-state index >= 15 is 0 Å². The molecule has 0 bridgehead atoms. The monoisotopic (exact) mass is 381 g/mol. The maximum Gasteiger partial charge on any atom is 0.247 e. The maximum atomic E-state index is 11.3. The first-order chi connectivity index (χ1) is 13.2. The lowest BCUT2D eigenvalue weighted by Crippen LogP contribution is -2.33. The number of carbonyl (C=O) groups excluding carboxylic acids is 1. The van der Waals surface area contributed by atoms with Crippen LogP contribution in [0.2, 0.25) is 0 Å². The van der Waals surface area contributed by atoms with Gasteiger partial charge in [0, 0.05) is 30.2 Å². The zero-order chi connectivity index (χ0) is 18.9. The number of hydrogen-bond donors (Lipinski definition) is 2. The zero-order valence-electron chi connectivity index (χ0n) is 15.6. The molecule has 1 aliphatic rings. The summed E-state index contributed by atoms with van der Waals surface area (Å²) >= 11 is 1.80. The molecule has 1 fully saturated rings. The van der Waals surface area contributed by atoms with Crippen molar-refractivity contribution in [3.8, 4) is 0 Å². The molecule has 2 N–H and O–H groups in total. The molecule has 0 saturated carbocycles. The first kappa shape index (κ1) is 19.7. The third kappa shape index (κ3) is 6.54. The summed E-state index contributed by atoms with van der Waals surface area (Å²) in [5.41, 5.74) is 2.14. The summed E-state index contributed by atoms with van der Waals surface area (Å²) in [7, 11) is 0. The summed E-state index contributed by atoms with van der Waals surface area (Å²) in [6.07, 6.45) is 3.73. The molecule has 0 atom stereocenters. The Balaban J connectivity index is 1.36. The highest BCUT2D eigenvalue weighted by atomic mass is 32.2. The Morgan fingerprint density at radius 1 is 1.11 bits per heavy atom. The normalized spacial score (nSPS) is 15.4. The average molecular weight is 382 g/mol. The van der Waals surface area contributed by atoms with Gasteiger partial charge in [-0.1, -0.05) is 36.9 Å². The van der Waals surface area contributed by atoms with Crippen LogP contribution in [0.15, 0.2) is 72.1 Å². The molecular formula is C22H27N3OS. The van der Waals surface area contributed by atoms with E-state index in [2.05, 4.69) is 64.0 Å². The SMILES string of the molecule is C=CC(=O)Nc1ccc(SN2CCC(CNCc3ccccc3)CC2)cc1. The molecule has 0 unspecified atom stereocenters. The number of piperidine rings is 1. The van der Waals surface area contributed by atoms with Crippen molar-refractivity contribution >= 4 is 23.5 Å². The lowest BCUT2D eigenvalue weighted by Gasteiger charge is -2.31. The first-order valence-corrected chi connectivity index (χ1v) is 10.2. The van der Waals surface area contributed by atoms with Crippen molar-refractivity contribution in [2.24, 2.45) is 5.92 Å². The average Bonchev–Trinajstić information content (AvgIpc) is 2.71. The largest absolute Gasteiger partial charge is 0.323 e. The number of anilines is 1. The minimum Gasteiger partial charge on any atom is -0.323 e. The highest BCUT2D eigenvalue weighted by Gasteiger charge is 2.19. The minimum absolute atomic E-state index is 0.182. The van der Waals surface area contributed by atoms with E-state index < -0.39 is 0 Å². The molecule has 0 aromatic heterocycles. The summed E-state index contributed by atoms with van der Waals surface area (Å²) in [5.74, 6) is 0.570. The number of carbonyl (C=O) groups is 1. The Morgan fingerprint density at radius 3 is 2.48 bits per heavy atom. The summed E-state index contributed by atoms with van der Waals surface area (Å²) in [6.45, 7) is 7.72. The molecule has 1 heterocycles. The van der Waals surface area contributed by atoms with Crippen molar-refractivity contribution in [3.63, 3.8) is 0 Å². The van der Waals surface area contributed by atoms with Gasteiger partial charge in [-0.25, -0.2) is 4.31 Å². The fourth-order valence-electron chi connectivity index (χ4n) is 3.16. The van der Waals surface area contributed by atoms with Gasteiger partial charge in [-0.05, 0) is 73.2 Å². The molecule has 0 aliphatic carbocycles. The van der Waals surface area contributed by atoms with Crippen LogP contribution < -0.4 is 10.6 Å². The topological polar surface area (TPSA) is 44.4 Å². The number of nitrogens with one attached hydrogen (secondary N) is 2. The predicted octanol–water partition coefficient (Wildman–Crippen LogP) is 4.32. The summed E-state index contributed by atoms with van der Waals surface area (Å²) in [4.78, 5) is 12.5. The maximum absolute atomic E-state index is 11.3. The van der Waals surface area contributed by atoms with Gasteiger partial charge < -0.3 is 10.6 Å². The molecule has 5 heteroatoms. The second kappa shape index (κ2) is 10.3. The molecule has 2 aromatic carbocycles. The van der Waals surface area contributed by atoms with Gasteiger partial charge in [0.2, 0.25) is 5.91 Å². The van der Waals surface area contributed by atoms with E-state index in [1.54, 1.807) is 11.9 Å². The number of benzene rings is 2. The van der Waals surface area contributed by atoms with Gasteiger partial charge in [-0.3, -0.25) is 4.79 Å². The second-order valence-corrected chi connectivity index (χ2v) is 7.97. The van der Waals surface area contributed by atoms with Gasteiger partial charge in [0.1, 0.15) is 0 Å². The van der Waals surface area contributed by atoms with Crippen molar-refractivity contribution in [2.45, 2.75) is 24.3 Å². The Morgan fingerprint density at radius 2 is 1.81 bits per heavy atom. The van der Waals surface area contributed by atoms with E-state index in [4.69, 9.17) is 0 Å². The molecule has 0 spiro atoms. The van der Waals surface area contributed by atoms with Crippen LogP contribution in [0.5, 0.6) is 0 Å². The van der Waals surface area contributed by atoms with Crippen LogP contribution in [0.1, 0.15) is 18.4 Å². The molecule has 4 nitrogen and oxygen atoms in total. The first-order valence-electron chi connectivity index (χ1n) is 9.44. The van der Waals surface area contributed by atoms with Crippen LogP contribution >= 0.6 is 11.9 Å². The van der Waals surface area contributed by atoms with Gasteiger partial charge in [0.05, 0.1) is 0 Å². The summed E-state index contributed by atoms with van der Waals surface area (Å²) < 4.78 is 2.44. The van der Waals surface area contributed by atoms with Gasteiger partial charge in [0.15, 0.2) is 0 Å².